The van der Waals surface area contributed by atoms with Crippen LogP contribution in [-0.2, 0) is 4.79 Å². The minimum atomic E-state index is -0.741. The molecule has 2 N–H and O–H groups in total. The van der Waals surface area contributed by atoms with Crippen LogP contribution in [0.15, 0.2) is 35.7 Å². The summed E-state index contributed by atoms with van der Waals surface area (Å²) in [5.41, 5.74) is 1.05. The quantitative estimate of drug-likeness (QED) is 0.365. The summed E-state index contributed by atoms with van der Waals surface area (Å²) in [6, 6.07) is 6.05. The Morgan fingerprint density at radius 3 is 2.81 bits per heavy atom. The minimum absolute atomic E-state index is 0.00375. The van der Waals surface area contributed by atoms with Crippen molar-refractivity contribution in [3.8, 4) is 5.75 Å². The normalized spacial score (nSPS) is 26.1. The summed E-state index contributed by atoms with van der Waals surface area (Å²) >= 11 is 1.59. The fourth-order valence-corrected chi connectivity index (χ4v) is 6.66. The van der Waals surface area contributed by atoms with Crippen LogP contribution in [0.4, 0.5) is 0 Å². The van der Waals surface area contributed by atoms with E-state index in [2.05, 4.69) is 31.3 Å². The molecule has 0 aliphatic heterocycles. The highest BCUT2D eigenvalue weighted by molar-refractivity contribution is 7.17. The van der Waals surface area contributed by atoms with E-state index in [0.717, 1.165) is 40.7 Å². The fraction of sp³-hybridized carbons (Fsp3) is 0.538. The summed E-state index contributed by atoms with van der Waals surface area (Å²) in [6.07, 6.45) is 9.18. The second kappa shape index (κ2) is 9.26. The van der Waals surface area contributed by atoms with Crippen molar-refractivity contribution in [3.63, 3.8) is 0 Å². The second-order valence-electron chi connectivity index (χ2n) is 9.84. The van der Waals surface area contributed by atoms with Crippen LogP contribution in [0.3, 0.4) is 0 Å². The number of carbonyl (C=O) groups excluding carboxylic acids is 1. The first-order valence-electron chi connectivity index (χ1n) is 11.5. The molecule has 1 amide bonds. The number of rotatable bonds is 9. The molecule has 3 aliphatic carbocycles. The van der Waals surface area contributed by atoms with Crippen molar-refractivity contribution >= 4 is 33.3 Å². The molecule has 6 heteroatoms. The van der Waals surface area contributed by atoms with Crippen molar-refractivity contribution in [2.75, 3.05) is 7.11 Å². The van der Waals surface area contributed by atoms with E-state index in [1.165, 1.54) is 6.42 Å². The van der Waals surface area contributed by atoms with E-state index in [-0.39, 0.29) is 18.4 Å². The molecule has 0 saturated heterocycles. The van der Waals surface area contributed by atoms with Gasteiger partial charge in [0.1, 0.15) is 5.75 Å². The van der Waals surface area contributed by atoms with E-state index in [0.29, 0.717) is 29.6 Å². The van der Waals surface area contributed by atoms with Gasteiger partial charge in [0.25, 0.3) is 5.91 Å². The van der Waals surface area contributed by atoms with Crippen LogP contribution in [0, 0.1) is 23.2 Å². The van der Waals surface area contributed by atoms with Gasteiger partial charge in [-0.2, -0.15) is 0 Å². The lowest BCUT2D eigenvalue weighted by atomic mass is 9.44. The first-order valence-corrected chi connectivity index (χ1v) is 12.4. The fourth-order valence-electron chi connectivity index (χ4n) is 5.74. The molecule has 172 valence electrons. The molecule has 1 aromatic heterocycles. The molecule has 3 saturated carbocycles. The third-order valence-electron chi connectivity index (χ3n) is 7.80. The number of fused-ring (bicyclic) bond motifs is 3. The number of benzene rings is 1. The molecule has 5 nitrogen and oxygen atoms in total. The number of carboxylic acid groups (broad SMARTS) is 1. The predicted octanol–water partition coefficient (Wildman–Crippen LogP) is 5.89. The number of unbranched alkanes of at least 4 members (excludes halogenated alkanes) is 1. The smallest absolute Gasteiger partial charge is 0.303 e. The molecular formula is C26H33NO4S. The zero-order valence-electron chi connectivity index (χ0n) is 19.1. The van der Waals surface area contributed by atoms with E-state index in [1.807, 2.05) is 23.6 Å². The topological polar surface area (TPSA) is 75.6 Å². The number of hydrogen-bond acceptors (Lipinski definition) is 4. The molecule has 3 aliphatic rings. The predicted molar refractivity (Wildman–Crippen MR) is 128 cm³/mol. The molecular weight excluding hydrogens is 422 g/mol. The second-order valence-corrected chi connectivity index (χ2v) is 10.8. The molecule has 3 fully saturated rings. The number of ether oxygens (including phenoxy) is 1. The highest BCUT2D eigenvalue weighted by Gasteiger charge is 2.57. The van der Waals surface area contributed by atoms with E-state index >= 15 is 0 Å². The largest absolute Gasteiger partial charge is 0.497 e. The molecule has 5 rings (SSSR count). The maximum Gasteiger partial charge on any atom is 0.303 e. The number of carbonyl (C=O) groups is 2. The molecule has 0 spiro atoms. The summed E-state index contributed by atoms with van der Waals surface area (Å²) in [4.78, 5) is 24.0. The first-order chi connectivity index (χ1) is 15.3. The molecule has 2 aromatic rings. The van der Waals surface area contributed by atoms with Crippen molar-refractivity contribution in [1.82, 2.24) is 5.32 Å². The van der Waals surface area contributed by atoms with E-state index in [1.54, 1.807) is 18.4 Å². The Kier molecular flexibility index (Phi) is 6.61. The summed E-state index contributed by atoms with van der Waals surface area (Å²) < 4.78 is 6.44. The maximum absolute atomic E-state index is 13.3. The Bertz CT molecular complexity index is 1020. The van der Waals surface area contributed by atoms with Crippen molar-refractivity contribution < 1.29 is 19.4 Å². The lowest BCUT2D eigenvalue weighted by molar-refractivity contribution is -0.137. The van der Waals surface area contributed by atoms with Crippen molar-refractivity contribution in [2.45, 2.75) is 58.4 Å². The Hall–Kier alpha value is -2.34. The van der Waals surface area contributed by atoms with Gasteiger partial charge in [-0.25, -0.2) is 0 Å². The summed E-state index contributed by atoms with van der Waals surface area (Å²) in [7, 11) is 1.64. The SMILES string of the molecule is COc1ccc2scc(C(=O)N[C@@H]3C[C@@H]4C[C@H]([C@@H]3CC=CCCCC(=O)O)C4(C)C)c2c1. The third kappa shape index (κ3) is 4.42. The van der Waals surface area contributed by atoms with Crippen molar-refractivity contribution in [2.24, 2.45) is 23.2 Å². The van der Waals surface area contributed by atoms with Crippen molar-refractivity contribution in [3.05, 3.63) is 41.3 Å². The van der Waals surface area contributed by atoms with E-state index in [4.69, 9.17) is 9.84 Å². The Morgan fingerprint density at radius 1 is 1.28 bits per heavy atom. The Morgan fingerprint density at radius 2 is 2.09 bits per heavy atom. The summed E-state index contributed by atoms with van der Waals surface area (Å²) in [5.74, 6) is 1.70. The first kappa shape index (κ1) is 22.8. The number of aliphatic carboxylic acids is 1. The molecule has 1 aromatic carbocycles. The average Bonchev–Trinajstić information content (AvgIpc) is 3.19. The Labute approximate surface area is 193 Å². The summed E-state index contributed by atoms with van der Waals surface area (Å²) in [5, 5.41) is 15.1. The highest BCUT2D eigenvalue weighted by Crippen LogP contribution is 2.62. The molecule has 0 unspecified atom stereocenters. The van der Waals surface area contributed by atoms with Crippen LogP contribution >= 0.6 is 11.3 Å². The van der Waals surface area contributed by atoms with Gasteiger partial charge in [-0.05, 0) is 73.5 Å². The number of hydrogen-bond donors (Lipinski definition) is 2. The van der Waals surface area contributed by atoms with Gasteiger partial charge in [0.05, 0.1) is 12.7 Å². The third-order valence-corrected chi connectivity index (χ3v) is 8.76. The van der Waals surface area contributed by atoms with Gasteiger partial charge in [0.2, 0.25) is 0 Å². The number of methoxy groups -OCH3 is 1. The van der Waals surface area contributed by atoms with Gasteiger partial charge in [-0.1, -0.05) is 26.0 Å². The van der Waals surface area contributed by atoms with E-state index in [9.17, 15) is 9.59 Å². The number of carboxylic acids is 1. The number of thiophene rings is 1. The van der Waals surface area contributed by atoms with Gasteiger partial charge in [-0.3, -0.25) is 9.59 Å². The highest BCUT2D eigenvalue weighted by atomic mass is 32.1. The maximum atomic E-state index is 13.3. The van der Waals surface area contributed by atoms with Crippen LogP contribution in [-0.4, -0.2) is 30.1 Å². The molecule has 2 bridgehead atoms. The lowest BCUT2D eigenvalue weighted by Gasteiger charge is -2.62. The zero-order valence-corrected chi connectivity index (χ0v) is 19.9. The van der Waals surface area contributed by atoms with Crippen molar-refractivity contribution in [1.29, 1.82) is 0 Å². The summed E-state index contributed by atoms with van der Waals surface area (Å²) in [6.45, 7) is 4.73. The van der Waals surface area contributed by atoms with E-state index < -0.39 is 5.97 Å². The van der Waals surface area contributed by atoms with Gasteiger partial charge < -0.3 is 15.2 Å². The lowest BCUT2D eigenvalue weighted by Crippen LogP contribution is -2.61. The van der Waals surface area contributed by atoms with Gasteiger partial charge in [-0.15, -0.1) is 11.3 Å². The van der Waals surface area contributed by atoms with Crippen LogP contribution in [0.2, 0.25) is 0 Å². The van der Waals surface area contributed by atoms with Gasteiger partial charge in [0.15, 0.2) is 0 Å². The van der Waals surface area contributed by atoms with Crippen LogP contribution in [0.1, 0.15) is 62.7 Å². The minimum Gasteiger partial charge on any atom is -0.497 e. The number of amides is 1. The molecule has 4 atom stereocenters. The zero-order chi connectivity index (χ0) is 22.9. The standard InChI is InChI=1S/C26H33NO4S/c1-26(2)16-12-21(26)18(8-6-4-5-7-9-24(28)29)22(13-16)27-25(30)20-15-32-23-11-10-17(31-3)14-19(20)23/h4,6,10-11,14-16,18,21-22H,5,7-9,12-13H2,1-3H3,(H,27,30)(H,28,29)/t16-,18-,21+,22+/m0/s1. The van der Waals surface area contributed by atoms with Crippen LogP contribution in [0.25, 0.3) is 10.1 Å². The Balaban J connectivity index is 1.46. The van der Waals surface area contributed by atoms with Gasteiger partial charge in [0, 0.05) is 27.9 Å². The molecule has 0 radical (unpaired) electrons. The molecule has 32 heavy (non-hydrogen) atoms. The molecule has 1 heterocycles. The van der Waals surface area contributed by atoms with Crippen LogP contribution < -0.4 is 10.1 Å². The average molecular weight is 456 g/mol. The monoisotopic (exact) mass is 455 g/mol. The van der Waals surface area contributed by atoms with Crippen LogP contribution in [0.5, 0.6) is 5.75 Å². The number of allylic oxidation sites excluding steroid dienone is 2. The number of nitrogens with one attached hydrogen (secondary N) is 1. The van der Waals surface area contributed by atoms with Gasteiger partial charge >= 0.3 is 5.97 Å².